The number of nitrogens with one attached hydrogen (secondary N) is 1. The molecule has 15 nitrogen and oxygen atoms in total. The fourth-order valence-corrected chi connectivity index (χ4v) is 13.2. The van der Waals surface area contributed by atoms with Crippen LogP contribution in [-0.2, 0) is 20.0 Å². The summed E-state index contributed by atoms with van der Waals surface area (Å²) in [7, 11) is -1.12. The molecule has 18 heteroatoms. The number of carbonyl (C=O) groups excluding carboxylic acids is 1. The van der Waals surface area contributed by atoms with Crippen molar-refractivity contribution in [2.75, 3.05) is 20.2 Å². The fraction of sp³-hybridized carbons (Fsp3) is 0.420. The van der Waals surface area contributed by atoms with Gasteiger partial charge in [0.1, 0.15) is 22.9 Å². The van der Waals surface area contributed by atoms with Gasteiger partial charge in [-0.2, -0.15) is 0 Å². The molecule has 2 aliphatic heterocycles. The number of fused-ring (bicyclic) bond motifs is 1. The lowest BCUT2D eigenvalue weighted by atomic mass is 9.83. The van der Waals surface area contributed by atoms with Crippen molar-refractivity contribution in [1.29, 1.82) is 0 Å². The minimum atomic E-state index is -2.67. The number of aromatic amines is 1. The van der Waals surface area contributed by atoms with E-state index in [0.29, 0.717) is 63.2 Å². The maximum absolute atomic E-state index is 15.6. The number of amides is 1. The lowest BCUT2D eigenvalue weighted by Crippen LogP contribution is -2.49. The number of rotatable bonds is 9. The molecule has 0 spiro atoms. The summed E-state index contributed by atoms with van der Waals surface area (Å²) in [6.45, 7) is 12.3. The molecule has 0 bridgehead atoms. The van der Waals surface area contributed by atoms with E-state index in [0.717, 1.165) is 42.1 Å². The van der Waals surface area contributed by atoms with Gasteiger partial charge in [-0.1, -0.05) is 29.7 Å². The Balaban J connectivity index is 1.08. The van der Waals surface area contributed by atoms with Crippen molar-refractivity contribution >= 4 is 49.7 Å². The Morgan fingerprint density at radius 2 is 1.75 bits per heavy atom. The summed E-state index contributed by atoms with van der Waals surface area (Å²) in [6, 6.07) is 15.7. The van der Waals surface area contributed by atoms with Gasteiger partial charge in [-0.3, -0.25) is 23.4 Å². The lowest BCUT2D eigenvalue weighted by molar-refractivity contribution is -0.0592. The molecule has 10 rings (SSSR count). The van der Waals surface area contributed by atoms with Gasteiger partial charge in [0.15, 0.2) is 5.82 Å². The van der Waals surface area contributed by atoms with Crippen molar-refractivity contribution in [3.8, 4) is 5.69 Å². The van der Waals surface area contributed by atoms with Crippen LogP contribution in [0.5, 0.6) is 0 Å². The maximum atomic E-state index is 15.6. The Labute approximate surface area is 398 Å². The smallest absolute Gasteiger partial charge is 0.402 e. The van der Waals surface area contributed by atoms with Crippen molar-refractivity contribution in [1.82, 2.24) is 28.7 Å². The molecule has 5 heterocycles. The number of nitrogens with zero attached hydrogens (tertiary/aromatic N) is 7. The van der Waals surface area contributed by atoms with E-state index in [9.17, 15) is 13.8 Å². The van der Waals surface area contributed by atoms with Gasteiger partial charge >= 0.3 is 11.4 Å². The molecule has 3 aromatic heterocycles. The van der Waals surface area contributed by atoms with Crippen LogP contribution in [0.1, 0.15) is 105 Å². The van der Waals surface area contributed by atoms with Gasteiger partial charge in [-0.05, 0) is 144 Å². The normalized spacial score (nSPS) is 23.8. The zero-order valence-electron chi connectivity index (χ0n) is 39.1. The zero-order chi connectivity index (χ0) is 48.2. The molecular formula is C50H55ClFN9O6S. The highest BCUT2D eigenvalue weighted by atomic mass is 35.5. The Bertz CT molecular complexity index is 3360. The van der Waals surface area contributed by atoms with Crippen molar-refractivity contribution in [2.45, 2.75) is 113 Å². The van der Waals surface area contributed by atoms with Gasteiger partial charge in [0.05, 0.1) is 37.8 Å². The number of H-pyrrole nitrogens is 1. The van der Waals surface area contributed by atoms with E-state index in [2.05, 4.69) is 53.5 Å². The minimum Gasteiger partial charge on any atom is -0.402 e. The fourth-order valence-electron chi connectivity index (χ4n) is 10.7. The highest BCUT2D eigenvalue weighted by Gasteiger charge is 2.59. The molecule has 1 saturated heterocycles. The van der Waals surface area contributed by atoms with Gasteiger partial charge in [0.25, 0.3) is 5.91 Å². The zero-order valence-corrected chi connectivity index (χ0v) is 40.7. The number of hydrogen-bond acceptors (Lipinski definition) is 10. The Kier molecular flexibility index (Phi) is 11.2. The van der Waals surface area contributed by atoms with Crippen LogP contribution < -0.4 is 17.2 Å². The second-order valence-corrected chi connectivity index (χ2v) is 22.6. The minimum absolute atomic E-state index is 0.0165. The lowest BCUT2D eigenvalue weighted by Gasteiger charge is -2.37. The highest BCUT2D eigenvalue weighted by molar-refractivity contribution is 7.94. The van der Waals surface area contributed by atoms with Crippen LogP contribution in [0.25, 0.3) is 16.6 Å². The largest absolute Gasteiger partial charge is 0.438 e. The molecule has 0 radical (unpaired) electrons. The van der Waals surface area contributed by atoms with Gasteiger partial charge in [0, 0.05) is 71.3 Å². The van der Waals surface area contributed by atoms with Crippen LogP contribution in [0.2, 0.25) is 5.02 Å². The number of imidazole rings is 1. The number of aryl methyl sites for hydroxylation is 2. The molecule has 0 unspecified atom stereocenters. The maximum Gasteiger partial charge on any atom is 0.438 e. The molecule has 356 valence electrons. The predicted molar refractivity (Wildman–Crippen MR) is 259 cm³/mol. The van der Waals surface area contributed by atoms with Crippen molar-refractivity contribution < 1.29 is 22.7 Å². The summed E-state index contributed by atoms with van der Waals surface area (Å²) in [5.74, 6) is -0.634. The van der Waals surface area contributed by atoms with E-state index in [-0.39, 0.29) is 58.2 Å². The number of aromatic nitrogens is 5. The van der Waals surface area contributed by atoms with Crippen LogP contribution >= 0.6 is 11.6 Å². The first-order chi connectivity index (χ1) is 32.3. The monoisotopic (exact) mass is 963 g/mol. The van der Waals surface area contributed by atoms with E-state index in [1.807, 2.05) is 17.6 Å². The molecule has 2 saturated carbocycles. The molecule has 3 aromatic carbocycles. The molecule has 6 aromatic rings. The molecule has 5 atom stereocenters. The van der Waals surface area contributed by atoms with Crippen LogP contribution in [-0.4, -0.2) is 81.8 Å². The summed E-state index contributed by atoms with van der Waals surface area (Å²) >= 11 is 6.88. The van der Waals surface area contributed by atoms with Crippen molar-refractivity contribution in [2.24, 2.45) is 21.0 Å². The quantitative estimate of drug-likeness (QED) is 0.107. The second-order valence-electron chi connectivity index (χ2n) is 19.5. The van der Waals surface area contributed by atoms with Crippen LogP contribution in [0.15, 0.2) is 107 Å². The molecule has 3 N–H and O–H groups in total. The van der Waals surface area contributed by atoms with Gasteiger partial charge in [-0.15, -0.1) is 0 Å². The third-order valence-electron chi connectivity index (χ3n) is 14.5. The molecule has 4 aliphatic rings. The summed E-state index contributed by atoms with van der Waals surface area (Å²) in [4.78, 5) is 52.8. The van der Waals surface area contributed by atoms with E-state index < -0.39 is 32.8 Å². The average molecular weight is 965 g/mol. The molecule has 3 fully saturated rings. The van der Waals surface area contributed by atoms with E-state index >= 15 is 9.18 Å². The Morgan fingerprint density at radius 1 is 1.01 bits per heavy atom. The van der Waals surface area contributed by atoms with Crippen LogP contribution in [0.4, 0.5) is 10.1 Å². The summed E-state index contributed by atoms with van der Waals surface area (Å²) in [5, 5.41) is 5.21. The first-order valence-electron chi connectivity index (χ1n) is 23.1. The van der Waals surface area contributed by atoms with E-state index in [1.165, 1.54) is 9.13 Å². The van der Waals surface area contributed by atoms with Gasteiger partial charge in [0.2, 0.25) is 0 Å². The number of halogens is 2. The first-order valence-corrected chi connectivity index (χ1v) is 25.1. The van der Waals surface area contributed by atoms with Crippen LogP contribution in [0, 0.1) is 25.6 Å². The van der Waals surface area contributed by atoms with E-state index in [4.69, 9.17) is 31.6 Å². The molecular weight excluding hydrogens is 909 g/mol. The third kappa shape index (κ3) is 7.57. The molecule has 2 aliphatic carbocycles. The Morgan fingerprint density at radius 3 is 2.38 bits per heavy atom. The van der Waals surface area contributed by atoms with Gasteiger partial charge in [-0.25, -0.2) is 27.5 Å². The first kappa shape index (κ1) is 45.7. The SMILES string of the molecule is CN=[S@@](=O)(c1ccc(-n2ccn(C(=Nc3cc(C)c(F)c(C)c3)C3=C(N)CCN(C(=O)c4cc5cc([C@H]6CCOC(C)(C)C6)ccc5n4[C@@]4(c5noc(=O)[nH]5)C[C@@H]4C)[C@H]3C)c2=O)c(Cl)c1)C1CC1. The van der Waals surface area contributed by atoms with E-state index in [1.54, 1.807) is 68.5 Å². The predicted octanol–water partition coefficient (Wildman–Crippen LogP) is 8.48. The summed E-state index contributed by atoms with van der Waals surface area (Å²) < 4.78 is 49.0. The second kappa shape index (κ2) is 16.6. The molecule has 68 heavy (non-hydrogen) atoms. The standard InChI is InChI=1S/C50H55ClFN9O6S/c1-27-20-34(21-28(2)43(27)52)55-44(60-18-17-59(48(60)64)40-13-11-36(24-37(40)51)68(65,54-7)35-9-10-35)42-30(4)58(16-14-38(42)53)45(62)41-23-33-22-31(32-15-19-66-49(5,6)26-32)8-12-39(33)61(41)50(25-29(50)3)46-56-47(63)67-57-46/h8,11-13,17-18,20-24,29-30,32,35H,9-10,14-16,19,25-26,53H2,1-7H3,(H,56,57,63)/t29-,30-,32-,50-,68-/m0/s1. The average Bonchev–Trinajstić information content (AvgIpc) is 4.13. The Hall–Kier alpha value is -6.04. The molecule has 1 amide bonds. The number of nitrogens with two attached hydrogens (primary N) is 1. The number of aliphatic imine (C=N–C) groups is 1. The number of carbonyl (C=O) groups is 1. The third-order valence-corrected chi connectivity index (χ3v) is 17.7. The summed E-state index contributed by atoms with van der Waals surface area (Å²) in [6.07, 6.45) is 7.32. The summed E-state index contributed by atoms with van der Waals surface area (Å²) in [5.41, 5.74) is 9.94. The number of ether oxygens (including phenoxy) is 1. The number of benzene rings is 3. The highest BCUT2D eigenvalue weighted by Crippen LogP contribution is 2.56. The van der Waals surface area contributed by atoms with Crippen LogP contribution in [0.3, 0.4) is 0 Å². The van der Waals surface area contributed by atoms with Crippen molar-refractivity contribution in [3.63, 3.8) is 0 Å². The number of hydrogen-bond donors (Lipinski definition) is 2. The van der Waals surface area contributed by atoms with Crippen molar-refractivity contribution in [3.05, 3.63) is 138 Å². The van der Waals surface area contributed by atoms with Gasteiger partial charge < -0.3 is 19.9 Å². The topological polar surface area (TPSA) is 188 Å².